The molecule has 0 aromatic heterocycles. The first kappa shape index (κ1) is 19.2. The van der Waals surface area contributed by atoms with Crippen molar-refractivity contribution in [2.45, 2.75) is 31.3 Å². The second kappa shape index (κ2) is 8.91. The van der Waals surface area contributed by atoms with Gasteiger partial charge in [-0.3, -0.25) is 0 Å². The molecule has 2 atom stereocenters. The van der Waals surface area contributed by atoms with Crippen LogP contribution in [0.15, 0.2) is 48.5 Å². The van der Waals surface area contributed by atoms with E-state index in [-0.39, 0.29) is 18.2 Å². The molecule has 0 aliphatic carbocycles. The summed E-state index contributed by atoms with van der Waals surface area (Å²) in [6.45, 7) is 0.744. The molecule has 0 radical (unpaired) electrons. The molecule has 1 N–H and O–H groups in total. The van der Waals surface area contributed by atoms with Gasteiger partial charge in [0.15, 0.2) is 0 Å². The lowest BCUT2D eigenvalue weighted by molar-refractivity contribution is 0.0767. The van der Waals surface area contributed by atoms with Crippen LogP contribution in [0.5, 0.6) is 5.75 Å². The van der Waals surface area contributed by atoms with Crippen molar-refractivity contribution in [3.05, 3.63) is 54.1 Å². The van der Waals surface area contributed by atoms with Gasteiger partial charge in [-0.2, -0.15) is 0 Å². The smallest absolute Gasteiger partial charge is 0.409 e. The van der Waals surface area contributed by atoms with E-state index in [0.717, 1.165) is 42.7 Å². The Morgan fingerprint density at radius 1 is 1.15 bits per heavy atom. The number of hydrogen-bond donors (Lipinski definition) is 1. The largest absolute Gasteiger partial charge is 0.497 e. The van der Waals surface area contributed by atoms with Crippen molar-refractivity contribution in [3.8, 4) is 16.9 Å². The normalized spacial score (nSPS) is 19.6. The molecule has 1 heterocycles. The first-order valence-corrected chi connectivity index (χ1v) is 9.41. The van der Waals surface area contributed by atoms with Crippen molar-refractivity contribution in [3.63, 3.8) is 0 Å². The average molecular weight is 368 g/mol. The zero-order valence-corrected chi connectivity index (χ0v) is 16.3. The van der Waals surface area contributed by atoms with Crippen LogP contribution in [0.25, 0.3) is 11.1 Å². The summed E-state index contributed by atoms with van der Waals surface area (Å²) in [5.41, 5.74) is 3.53. The number of methoxy groups -OCH3 is 2. The van der Waals surface area contributed by atoms with Gasteiger partial charge in [-0.25, -0.2) is 4.79 Å². The number of nitrogens with zero attached hydrogens (tertiary/aromatic N) is 1. The molecule has 1 saturated heterocycles. The predicted octanol–water partition coefficient (Wildman–Crippen LogP) is 3.72. The molecule has 5 heteroatoms. The molecular formula is C22H28N2O3. The number of likely N-dealkylation sites (tertiary alicyclic amines) is 1. The van der Waals surface area contributed by atoms with Gasteiger partial charge < -0.3 is 19.7 Å². The molecule has 1 fully saturated rings. The Kier molecular flexibility index (Phi) is 6.35. The molecule has 3 rings (SSSR count). The number of carbonyl (C=O) groups excluding carboxylic acids is 1. The number of ether oxygens (including phenoxy) is 2. The van der Waals surface area contributed by atoms with E-state index in [2.05, 4.69) is 41.7 Å². The zero-order chi connectivity index (χ0) is 19.2. The molecule has 0 bridgehead atoms. The highest BCUT2D eigenvalue weighted by Crippen LogP contribution is 2.26. The van der Waals surface area contributed by atoms with Crippen molar-refractivity contribution < 1.29 is 14.3 Å². The molecule has 2 aromatic carbocycles. The van der Waals surface area contributed by atoms with Crippen molar-refractivity contribution in [2.24, 2.45) is 0 Å². The highest BCUT2D eigenvalue weighted by molar-refractivity contribution is 5.68. The van der Waals surface area contributed by atoms with E-state index in [1.54, 1.807) is 7.11 Å². The van der Waals surface area contributed by atoms with Crippen LogP contribution in [0.1, 0.15) is 18.4 Å². The number of benzene rings is 2. The summed E-state index contributed by atoms with van der Waals surface area (Å²) in [4.78, 5) is 14.1. The first-order valence-electron chi connectivity index (χ1n) is 9.41. The maximum absolute atomic E-state index is 12.2. The van der Waals surface area contributed by atoms with E-state index in [1.165, 1.54) is 12.7 Å². The van der Waals surface area contributed by atoms with Gasteiger partial charge in [0.05, 0.1) is 20.3 Å². The van der Waals surface area contributed by atoms with Gasteiger partial charge in [-0.05, 0) is 55.1 Å². The van der Waals surface area contributed by atoms with Gasteiger partial charge in [-0.15, -0.1) is 0 Å². The van der Waals surface area contributed by atoms with Gasteiger partial charge >= 0.3 is 6.09 Å². The number of piperidine rings is 1. The Labute approximate surface area is 161 Å². The van der Waals surface area contributed by atoms with Crippen LogP contribution >= 0.6 is 0 Å². The van der Waals surface area contributed by atoms with E-state index in [9.17, 15) is 4.79 Å². The summed E-state index contributed by atoms with van der Waals surface area (Å²) < 4.78 is 10.3. The lowest BCUT2D eigenvalue weighted by Gasteiger charge is -2.40. The molecule has 27 heavy (non-hydrogen) atoms. The summed E-state index contributed by atoms with van der Waals surface area (Å²) >= 11 is 0. The summed E-state index contributed by atoms with van der Waals surface area (Å²) in [5, 5.41) is 3.38. The fraction of sp³-hybridized carbons (Fsp3) is 0.409. The van der Waals surface area contributed by atoms with E-state index >= 15 is 0 Å². The third kappa shape index (κ3) is 4.42. The Balaban J connectivity index is 1.83. The molecular weight excluding hydrogens is 340 g/mol. The van der Waals surface area contributed by atoms with Crippen molar-refractivity contribution in [1.29, 1.82) is 0 Å². The molecule has 1 aliphatic rings. The highest BCUT2D eigenvalue weighted by Gasteiger charge is 2.34. The van der Waals surface area contributed by atoms with Crippen LogP contribution in [-0.4, -0.2) is 50.9 Å². The number of likely N-dealkylation sites (N-methyl/N-ethyl adjacent to an activating group) is 1. The Morgan fingerprint density at radius 2 is 1.93 bits per heavy atom. The highest BCUT2D eigenvalue weighted by atomic mass is 16.5. The molecule has 1 aliphatic heterocycles. The van der Waals surface area contributed by atoms with Gasteiger partial charge in [-0.1, -0.05) is 36.4 Å². The van der Waals surface area contributed by atoms with Crippen molar-refractivity contribution in [1.82, 2.24) is 10.2 Å². The maximum Gasteiger partial charge on any atom is 0.409 e. The van der Waals surface area contributed by atoms with Crippen molar-refractivity contribution >= 4 is 6.09 Å². The summed E-state index contributed by atoms with van der Waals surface area (Å²) in [6.07, 6.45) is 2.60. The second-order valence-corrected chi connectivity index (χ2v) is 6.90. The predicted molar refractivity (Wildman–Crippen MR) is 107 cm³/mol. The van der Waals surface area contributed by atoms with Crippen LogP contribution in [-0.2, 0) is 11.2 Å². The number of hydrogen-bond acceptors (Lipinski definition) is 4. The van der Waals surface area contributed by atoms with Gasteiger partial charge in [0.25, 0.3) is 0 Å². The molecule has 1 amide bonds. The van der Waals surface area contributed by atoms with Crippen LogP contribution < -0.4 is 10.1 Å². The number of nitrogens with one attached hydrogen (secondary N) is 1. The average Bonchev–Trinajstić information content (AvgIpc) is 2.73. The monoisotopic (exact) mass is 368 g/mol. The quantitative estimate of drug-likeness (QED) is 0.874. The minimum Gasteiger partial charge on any atom is -0.497 e. The summed E-state index contributed by atoms with van der Waals surface area (Å²) in [7, 11) is 5.09. The van der Waals surface area contributed by atoms with E-state index in [4.69, 9.17) is 9.47 Å². The molecule has 5 nitrogen and oxygen atoms in total. The standard InChI is InChI=1S/C22H28N2O3/c1-23-20-8-5-13-24(22(25)27-3)21(20)15-16-6-4-7-18(14-16)17-9-11-19(26-2)12-10-17/h4,6-7,9-12,14,20-21,23H,5,8,13,15H2,1-3H3. The SMILES string of the molecule is CNC1CCCN(C(=O)OC)C1Cc1cccc(-c2ccc(OC)cc2)c1. The fourth-order valence-electron chi connectivity index (χ4n) is 3.89. The molecule has 144 valence electrons. The fourth-order valence-corrected chi connectivity index (χ4v) is 3.89. The van der Waals surface area contributed by atoms with E-state index < -0.39 is 0 Å². The number of carbonyl (C=O) groups is 1. The van der Waals surface area contributed by atoms with Crippen LogP contribution in [0.3, 0.4) is 0 Å². The Morgan fingerprint density at radius 3 is 2.59 bits per heavy atom. The lowest BCUT2D eigenvalue weighted by atomic mass is 9.90. The van der Waals surface area contributed by atoms with Crippen LogP contribution in [0, 0.1) is 0 Å². The van der Waals surface area contributed by atoms with Gasteiger partial charge in [0.2, 0.25) is 0 Å². The second-order valence-electron chi connectivity index (χ2n) is 6.90. The van der Waals surface area contributed by atoms with E-state index in [1.807, 2.05) is 24.1 Å². The number of amides is 1. The van der Waals surface area contributed by atoms with Crippen LogP contribution in [0.4, 0.5) is 4.79 Å². The number of rotatable bonds is 5. The third-order valence-electron chi connectivity index (χ3n) is 5.35. The van der Waals surface area contributed by atoms with Crippen molar-refractivity contribution in [2.75, 3.05) is 27.8 Å². The first-order chi connectivity index (χ1) is 13.2. The lowest BCUT2D eigenvalue weighted by Crippen LogP contribution is -2.56. The Hall–Kier alpha value is -2.53. The minimum absolute atomic E-state index is 0.0855. The van der Waals surface area contributed by atoms with Gasteiger partial charge in [0.1, 0.15) is 5.75 Å². The van der Waals surface area contributed by atoms with E-state index in [0.29, 0.717) is 0 Å². The zero-order valence-electron chi connectivity index (χ0n) is 16.3. The Bertz CT molecular complexity index is 760. The summed E-state index contributed by atoms with van der Waals surface area (Å²) in [5.74, 6) is 0.850. The molecule has 0 saturated carbocycles. The third-order valence-corrected chi connectivity index (χ3v) is 5.35. The summed E-state index contributed by atoms with van der Waals surface area (Å²) in [6, 6.07) is 16.9. The minimum atomic E-state index is -0.244. The topological polar surface area (TPSA) is 50.8 Å². The molecule has 0 spiro atoms. The molecule has 2 aromatic rings. The molecule has 2 unspecified atom stereocenters. The van der Waals surface area contributed by atoms with Gasteiger partial charge in [0, 0.05) is 12.6 Å². The maximum atomic E-state index is 12.2. The van der Waals surface area contributed by atoms with Crippen LogP contribution in [0.2, 0.25) is 0 Å².